The normalized spacial score (nSPS) is 21.5. The minimum Gasteiger partial charge on any atom is -0.395 e. The molecule has 0 aromatic carbocycles. The lowest BCUT2D eigenvalue weighted by molar-refractivity contribution is -0.120. The van der Waals surface area contributed by atoms with Gasteiger partial charge in [-0.3, -0.25) is 4.79 Å². The molecule has 0 aliphatic carbocycles. The average Bonchev–Trinajstić information content (AvgIpc) is 2.05. The van der Waals surface area contributed by atoms with E-state index >= 15 is 0 Å². The molecule has 0 saturated carbocycles. The highest BCUT2D eigenvalue weighted by atomic mass is 16.3. The summed E-state index contributed by atoms with van der Waals surface area (Å²) in [5.74, 6) is 0.101. The molecule has 1 aliphatic heterocycles. The fourth-order valence-electron chi connectivity index (χ4n) is 1.23. The summed E-state index contributed by atoms with van der Waals surface area (Å²) in [4.78, 5) is 12.9. The summed E-state index contributed by atoms with van der Waals surface area (Å²) in [6.45, 7) is 2.13. The van der Waals surface area contributed by atoms with Gasteiger partial charge >= 0.3 is 0 Å². The molecule has 0 amide bonds. The molecule has 12 heavy (non-hydrogen) atoms. The summed E-state index contributed by atoms with van der Waals surface area (Å²) < 4.78 is 0. The molecule has 66 valence electrons. The summed E-state index contributed by atoms with van der Waals surface area (Å²) in [6.07, 6.45) is 7.36. The molecule has 1 unspecified atom stereocenters. The van der Waals surface area contributed by atoms with Gasteiger partial charge in [-0.25, -0.2) is 0 Å². The number of rotatable bonds is 3. The number of hydrogen-bond donors (Lipinski definition) is 1. The van der Waals surface area contributed by atoms with Gasteiger partial charge in [0.15, 0.2) is 5.78 Å². The quantitative estimate of drug-likeness (QED) is 0.658. The van der Waals surface area contributed by atoms with Crippen LogP contribution >= 0.6 is 0 Å². The molecule has 1 aliphatic rings. The summed E-state index contributed by atoms with van der Waals surface area (Å²) >= 11 is 0. The van der Waals surface area contributed by atoms with Crippen molar-refractivity contribution in [3.63, 3.8) is 0 Å². The van der Waals surface area contributed by atoms with E-state index in [4.69, 9.17) is 5.11 Å². The second kappa shape index (κ2) is 4.07. The fraction of sp³-hybridized carbons (Fsp3) is 0.444. The van der Waals surface area contributed by atoms with Crippen LogP contribution in [0.5, 0.6) is 0 Å². The number of hydrogen-bond acceptors (Lipinski definition) is 3. The van der Waals surface area contributed by atoms with Crippen molar-refractivity contribution in [1.29, 1.82) is 0 Å². The van der Waals surface area contributed by atoms with Gasteiger partial charge in [0.05, 0.1) is 6.61 Å². The Kier molecular flexibility index (Phi) is 3.05. The van der Waals surface area contributed by atoms with Gasteiger partial charge in [0.1, 0.15) is 6.04 Å². The Balaban J connectivity index is 2.64. The third kappa shape index (κ3) is 1.95. The average molecular weight is 167 g/mol. The van der Waals surface area contributed by atoms with Crippen LogP contribution in [0.3, 0.4) is 0 Å². The van der Waals surface area contributed by atoms with Gasteiger partial charge in [-0.1, -0.05) is 12.2 Å². The maximum absolute atomic E-state index is 11.1. The van der Waals surface area contributed by atoms with E-state index < -0.39 is 0 Å². The molecule has 0 saturated heterocycles. The van der Waals surface area contributed by atoms with Gasteiger partial charge in [-0.2, -0.15) is 0 Å². The smallest absolute Gasteiger partial charge is 0.156 e. The SMILES string of the molecule is CC(=O)C1C=CC=CN1CCO. The lowest BCUT2D eigenvalue weighted by atomic mass is 10.1. The van der Waals surface area contributed by atoms with Crippen molar-refractivity contribution in [2.45, 2.75) is 13.0 Å². The first-order valence-corrected chi connectivity index (χ1v) is 3.97. The Hall–Kier alpha value is -1.09. The zero-order valence-electron chi connectivity index (χ0n) is 7.10. The van der Waals surface area contributed by atoms with Crippen molar-refractivity contribution in [3.05, 3.63) is 24.4 Å². The molecule has 0 bridgehead atoms. The lowest BCUT2D eigenvalue weighted by Crippen LogP contribution is -2.37. The highest BCUT2D eigenvalue weighted by molar-refractivity contribution is 5.83. The van der Waals surface area contributed by atoms with E-state index in [2.05, 4.69) is 0 Å². The van der Waals surface area contributed by atoms with Gasteiger partial charge in [-0.15, -0.1) is 0 Å². The number of nitrogens with zero attached hydrogens (tertiary/aromatic N) is 1. The number of ketones is 1. The van der Waals surface area contributed by atoms with Crippen LogP contribution in [-0.4, -0.2) is 35.0 Å². The van der Waals surface area contributed by atoms with Crippen LogP contribution in [0.25, 0.3) is 0 Å². The van der Waals surface area contributed by atoms with E-state index in [-0.39, 0.29) is 18.4 Å². The van der Waals surface area contributed by atoms with Gasteiger partial charge in [-0.05, 0) is 13.0 Å². The zero-order valence-corrected chi connectivity index (χ0v) is 7.10. The van der Waals surface area contributed by atoms with Crippen LogP contribution in [0.15, 0.2) is 24.4 Å². The minimum atomic E-state index is -0.192. The van der Waals surface area contributed by atoms with Crippen molar-refractivity contribution < 1.29 is 9.90 Å². The topological polar surface area (TPSA) is 40.5 Å². The first-order valence-electron chi connectivity index (χ1n) is 3.97. The number of Topliss-reactive ketones (excluding diaryl/α,β-unsaturated/α-hetero) is 1. The van der Waals surface area contributed by atoms with Crippen molar-refractivity contribution >= 4 is 5.78 Å². The predicted molar refractivity (Wildman–Crippen MR) is 46.5 cm³/mol. The Morgan fingerprint density at radius 2 is 2.33 bits per heavy atom. The molecule has 0 aromatic heterocycles. The Labute approximate surface area is 72.0 Å². The van der Waals surface area contributed by atoms with Crippen molar-refractivity contribution in [1.82, 2.24) is 4.90 Å². The first-order chi connectivity index (χ1) is 5.75. The molecular formula is C9H13NO2. The second-order valence-electron chi connectivity index (χ2n) is 2.74. The van der Waals surface area contributed by atoms with E-state index in [1.165, 1.54) is 0 Å². The number of carbonyl (C=O) groups is 1. The van der Waals surface area contributed by atoms with Crippen LogP contribution in [0.1, 0.15) is 6.92 Å². The highest BCUT2D eigenvalue weighted by Crippen LogP contribution is 2.08. The fourth-order valence-corrected chi connectivity index (χ4v) is 1.23. The number of aliphatic hydroxyl groups excluding tert-OH is 1. The summed E-state index contributed by atoms with van der Waals surface area (Å²) in [5, 5.41) is 8.71. The van der Waals surface area contributed by atoms with E-state index in [9.17, 15) is 4.79 Å². The third-order valence-corrected chi connectivity index (χ3v) is 1.81. The summed E-state index contributed by atoms with van der Waals surface area (Å²) in [5.41, 5.74) is 0. The molecule has 3 nitrogen and oxygen atoms in total. The first kappa shape index (κ1) is 9.00. The van der Waals surface area contributed by atoms with E-state index in [1.54, 1.807) is 6.92 Å². The highest BCUT2D eigenvalue weighted by Gasteiger charge is 2.17. The molecule has 3 heteroatoms. The van der Waals surface area contributed by atoms with Gasteiger partial charge in [0.2, 0.25) is 0 Å². The molecule has 1 N–H and O–H groups in total. The van der Waals surface area contributed by atoms with Crippen molar-refractivity contribution in [2.24, 2.45) is 0 Å². The molecule has 1 heterocycles. The van der Waals surface area contributed by atoms with E-state index in [1.807, 2.05) is 29.3 Å². The second-order valence-corrected chi connectivity index (χ2v) is 2.74. The Morgan fingerprint density at radius 1 is 1.58 bits per heavy atom. The number of allylic oxidation sites excluding steroid dienone is 2. The zero-order chi connectivity index (χ0) is 8.97. The number of aliphatic hydroxyl groups is 1. The van der Waals surface area contributed by atoms with Crippen LogP contribution in [0.4, 0.5) is 0 Å². The standard InChI is InChI=1S/C9H13NO2/c1-8(12)9-4-2-3-5-10(9)6-7-11/h2-5,9,11H,6-7H2,1H3. The van der Waals surface area contributed by atoms with Crippen molar-refractivity contribution in [2.75, 3.05) is 13.2 Å². The molecule has 1 atom stereocenters. The van der Waals surface area contributed by atoms with Crippen LogP contribution in [-0.2, 0) is 4.79 Å². The number of β-amino-alcohol motifs (C(OH)–C–C–N with tert-alkyl or cyclic N) is 1. The van der Waals surface area contributed by atoms with Crippen LogP contribution in [0.2, 0.25) is 0 Å². The van der Waals surface area contributed by atoms with E-state index in [0.717, 1.165) is 0 Å². The Morgan fingerprint density at radius 3 is 2.92 bits per heavy atom. The monoisotopic (exact) mass is 167 g/mol. The maximum Gasteiger partial charge on any atom is 0.156 e. The number of carbonyl (C=O) groups excluding carboxylic acids is 1. The molecule has 0 spiro atoms. The minimum absolute atomic E-state index is 0.0714. The molecule has 0 radical (unpaired) electrons. The van der Waals surface area contributed by atoms with E-state index in [0.29, 0.717) is 6.54 Å². The Bertz CT molecular complexity index is 221. The lowest BCUT2D eigenvalue weighted by Gasteiger charge is -2.27. The van der Waals surface area contributed by atoms with Crippen LogP contribution < -0.4 is 0 Å². The predicted octanol–water partition coefficient (Wildman–Crippen LogP) is 0.322. The summed E-state index contributed by atoms with van der Waals surface area (Å²) in [6, 6.07) is -0.192. The maximum atomic E-state index is 11.1. The van der Waals surface area contributed by atoms with Crippen LogP contribution in [0, 0.1) is 0 Å². The molecule has 0 fully saturated rings. The molecular weight excluding hydrogens is 154 g/mol. The molecule has 0 aromatic rings. The molecule has 1 rings (SSSR count). The van der Waals surface area contributed by atoms with Gasteiger partial charge in [0, 0.05) is 12.7 Å². The summed E-state index contributed by atoms with van der Waals surface area (Å²) in [7, 11) is 0. The van der Waals surface area contributed by atoms with Gasteiger partial charge < -0.3 is 10.0 Å². The van der Waals surface area contributed by atoms with Crippen molar-refractivity contribution in [3.8, 4) is 0 Å². The largest absolute Gasteiger partial charge is 0.395 e. The van der Waals surface area contributed by atoms with Gasteiger partial charge in [0.25, 0.3) is 0 Å². The third-order valence-electron chi connectivity index (χ3n) is 1.81.